The zero-order valence-electron chi connectivity index (χ0n) is 13.8. The van der Waals surface area contributed by atoms with Gasteiger partial charge in [-0.15, -0.1) is 5.10 Å². The third-order valence-electron chi connectivity index (χ3n) is 4.21. The van der Waals surface area contributed by atoms with E-state index in [2.05, 4.69) is 68.4 Å². The Balaban J connectivity index is 2.03. The van der Waals surface area contributed by atoms with Gasteiger partial charge >= 0.3 is 0 Å². The molecule has 0 unspecified atom stereocenters. The van der Waals surface area contributed by atoms with Crippen molar-refractivity contribution >= 4 is 8.32 Å². The summed E-state index contributed by atoms with van der Waals surface area (Å²) in [5.41, 5.74) is 3.13. The van der Waals surface area contributed by atoms with Crippen LogP contribution in [0.3, 0.4) is 0 Å². The van der Waals surface area contributed by atoms with Crippen LogP contribution in [-0.2, 0) is 11.0 Å². The van der Waals surface area contributed by atoms with E-state index < -0.39 is 8.32 Å². The Labute approximate surface area is 128 Å². The summed E-state index contributed by atoms with van der Waals surface area (Å²) < 4.78 is 8.02. The van der Waals surface area contributed by atoms with Crippen LogP contribution in [0.4, 0.5) is 0 Å². The molecule has 2 aromatic rings. The van der Waals surface area contributed by atoms with Crippen LogP contribution in [0, 0.1) is 6.92 Å². The lowest BCUT2D eigenvalue weighted by Gasteiger charge is -2.36. The van der Waals surface area contributed by atoms with Crippen LogP contribution >= 0.6 is 0 Å². The molecule has 0 bridgehead atoms. The number of hydrogen-bond acceptors (Lipinski definition) is 3. The summed E-state index contributed by atoms with van der Waals surface area (Å²) in [6.07, 6.45) is 1.92. The molecule has 0 amide bonds. The van der Waals surface area contributed by atoms with Gasteiger partial charge in [-0.05, 0) is 42.8 Å². The highest BCUT2D eigenvalue weighted by atomic mass is 28.4. The summed E-state index contributed by atoms with van der Waals surface area (Å²) in [4.78, 5) is 0. The molecule has 0 fully saturated rings. The average molecular weight is 303 g/mol. The molecule has 0 aliphatic rings. The molecular weight excluding hydrogens is 278 g/mol. The Morgan fingerprint density at radius 1 is 1.14 bits per heavy atom. The van der Waals surface area contributed by atoms with Crippen molar-refractivity contribution < 1.29 is 4.43 Å². The monoisotopic (exact) mass is 303 g/mol. The van der Waals surface area contributed by atoms with E-state index in [1.165, 1.54) is 5.56 Å². The van der Waals surface area contributed by atoms with Crippen LogP contribution in [0.2, 0.25) is 18.1 Å². The third-order valence-corrected chi connectivity index (χ3v) is 8.69. The topological polar surface area (TPSA) is 39.9 Å². The van der Waals surface area contributed by atoms with E-state index in [4.69, 9.17) is 4.43 Å². The standard InChI is InChI=1S/C16H25N3OSi/c1-13-11-19(18-17-13)15-9-7-14(8-10-15)12-20-21(5,6)16(2,3)4/h7-11H,12H2,1-6H3. The first-order chi connectivity index (χ1) is 9.69. The molecule has 5 heteroatoms. The Morgan fingerprint density at radius 2 is 1.76 bits per heavy atom. The van der Waals surface area contributed by atoms with E-state index in [1.807, 2.05) is 13.1 Å². The largest absolute Gasteiger partial charge is 0.413 e. The highest BCUT2D eigenvalue weighted by Crippen LogP contribution is 2.37. The number of aryl methyl sites for hydroxylation is 1. The summed E-state index contributed by atoms with van der Waals surface area (Å²) in [6, 6.07) is 8.30. The molecule has 0 N–H and O–H groups in total. The van der Waals surface area contributed by atoms with Gasteiger partial charge in [0.05, 0.1) is 24.2 Å². The summed E-state index contributed by atoms with van der Waals surface area (Å²) in [5.74, 6) is 0. The summed E-state index contributed by atoms with van der Waals surface area (Å²) >= 11 is 0. The van der Waals surface area contributed by atoms with Gasteiger partial charge in [-0.25, -0.2) is 4.68 Å². The lowest BCUT2D eigenvalue weighted by Crippen LogP contribution is -2.40. The molecule has 1 aromatic carbocycles. The maximum absolute atomic E-state index is 6.23. The van der Waals surface area contributed by atoms with E-state index >= 15 is 0 Å². The van der Waals surface area contributed by atoms with Crippen LogP contribution in [0.1, 0.15) is 32.0 Å². The SMILES string of the molecule is Cc1cn(-c2ccc(CO[Si](C)(C)C(C)(C)C)cc2)nn1. The first-order valence-electron chi connectivity index (χ1n) is 7.31. The second-order valence-corrected chi connectivity index (χ2v) is 11.8. The summed E-state index contributed by atoms with van der Waals surface area (Å²) in [5, 5.41) is 8.32. The van der Waals surface area contributed by atoms with Crippen molar-refractivity contribution in [1.82, 2.24) is 15.0 Å². The fourth-order valence-corrected chi connectivity index (χ4v) is 2.66. The molecule has 4 nitrogen and oxygen atoms in total. The van der Waals surface area contributed by atoms with E-state index in [-0.39, 0.29) is 5.04 Å². The van der Waals surface area contributed by atoms with Crippen LogP contribution in [0.5, 0.6) is 0 Å². The van der Waals surface area contributed by atoms with Gasteiger partial charge in [0.1, 0.15) is 0 Å². The predicted octanol–water partition coefficient (Wildman–Crippen LogP) is 4.10. The van der Waals surface area contributed by atoms with Gasteiger partial charge in [0.2, 0.25) is 0 Å². The summed E-state index contributed by atoms with van der Waals surface area (Å²) in [7, 11) is -1.69. The molecule has 0 radical (unpaired) electrons. The van der Waals surface area contributed by atoms with Crippen molar-refractivity contribution in [2.45, 2.75) is 52.4 Å². The Morgan fingerprint density at radius 3 is 2.24 bits per heavy atom. The zero-order chi connectivity index (χ0) is 15.7. The molecule has 0 aliphatic heterocycles. The number of aromatic nitrogens is 3. The van der Waals surface area contributed by atoms with E-state index in [0.29, 0.717) is 6.61 Å². The third kappa shape index (κ3) is 3.80. The van der Waals surface area contributed by atoms with Gasteiger partial charge in [-0.1, -0.05) is 38.1 Å². The summed E-state index contributed by atoms with van der Waals surface area (Å²) in [6.45, 7) is 13.9. The Kier molecular flexibility index (Phi) is 4.34. The minimum atomic E-state index is -1.69. The van der Waals surface area contributed by atoms with Gasteiger partial charge in [0.25, 0.3) is 0 Å². The first kappa shape index (κ1) is 15.9. The molecule has 1 heterocycles. The minimum Gasteiger partial charge on any atom is -0.413 e. The molecular formula is C16H25N3OSi. The van der Waals surface area contributed by atoms with E-state index in [9.17, 15) is 0 Å². The highest BCUT2D eigenvalue weighted by molar-refractivity contribution is 6.74. The minimum absolute atomic E-state index is 0.241. The Bertz CT molecular complexity index is 597. The second-order valence-electron chi connectivity index (χ2n) is 7.02. The molecule has 0 spiro atoms. The van der Waals surface area contributed by atoms with Crippen LogP contribution < -0.4 is 0 Å². The lowest BCUT2D eigenvalue weighted by molar-refractivity contribution is 0.276. The lowest BCUT2D eigenvalue weighted by atomic mass is 10.2. The van der Waals surface area contributed by atoms with E-state index in [0.717, 1.165) is 11.4 Å². The van der Waals surface area contributed by atoms with Gasteiger partial charge in [-0.2, -0.15) is 0 Å². The average Bonchev–Trinajstić information content (AvgIpc) is 2.82. The molecule has 0 saturated heterocycles. The maximum Gasteiger partial charge on any atom is 0.192 e. The predicted molar refractivity (Wildman–Crippen MR) is 88.1 cm³/mol. The van der Waals surface area contributed by atoms with Crippen LogP contribution in [0.25, 0.3) is 5.69 Å². The number of hydrogen-bond donors (Lipinski definition) is 0. The van der Waals surface area contributed by atoms with Crippen molar-refractivity contribution in [3.05, 3.63) is 41.7 Å². The molecule has 114 valence electrons. The van der Waals surface area contributed by atoms with Crippen LogP contribution in [-0.4, -0.2) is 23.3 Å². The first-order valence-corrected chi connectivity index (χ1v) is 10.2. The van der Waals surface area contributed by atoms with Crippen LogP contribution in [0.15, 0.2) is 30.5 Å². The fraction of sp³-hybridized carbons (Fsp3) is 0.500. The van der Waals surface area contributed by atoms with Gasteiger partial charge in [0.15, 0.2) is 8.32 Å². The maximum atomic E-state index is 6.23. The fourth-order valence-electron chi connectivity index (χ4n) is 1.70. The van der Waals surface area contributed by atoms with Crippen molar-refractivity contribution in [2.24, 2.45) is 0 Å². The van der Waals surface area contributed by atoms with Gasteiger partial charge in [-0.3, -0.25) is 0 Å². The highest BCUT2D eigenvalue weighted by Gasteiger charge is 2.36. The van der Waals surface area contributed by atoms with Gasteiger partial charge in [0, 0.05) is 0 Å². The molecule has 1 aromatic heterocycles. The van der Waals surface area contributed by atoms with Crippen molar-refractivity contribution in [1.29, 1.82) is 0 Å². The smallest absolute Gasteiger partial charge is 0.192 e. The number of nitrogens with zero attached hydrogens (tertiary/aromatic N) is 3. The molecule has 0 aliphatic carbocycles. The number of rotatable bonds is 4. The zero-order valence-corrected chi connectivity index (χ0v) is 14.8. The van der Waals surface area contributed by atoms with Gasteiger partial charge < -0.3 is 4.43 Å². The Hall–Kier alpha value is -1.46. The molecule has 0 atom stereocenters. The quantitative estimate of drug-likeness (QED) is 0.798. The molecule has 0 saturated carbocycles. The normalized spacial score (nSPS) is 12.7. The molecule has 2 rings (SSSR count). The number of benzene rings is 1. The van der Waals surface area contributed by atoms with Crippen molar-refractivity contribution in [2.75, 3.05) is 0 Å². The molecule has 21 heavy (non-hydrogen) atoms. The van der Waals surface area contributed by atoms with E-state index in [1.54, 1.807) is 4.68 Å². The van der Waals surface area contributed by atoms with Crippen molar-refractivity contribution in [3.63, 3.8) is 0 Å². The van der Waals surface area contributed by atoms with Crippen molar-refractivity contribution in [3.8, 4) is 5.69 Å². The second kappa shape index (κ2) is 5.73.